The van der Waals surface area contributed by atoms with Gasteiger partial charge < -0.3 is 10.1 Å². The predicted molar refractivity (Wildman–Crippen MR) is 125 cm³/mol. The third-order valence-corrected chi connectivity index (χ3v) is 5.12. The van der Waals surface area contributed by atoms with E-state index in [1.807, 2.05) is 50.2 Å². The van der Waals surface area contributed by atoms with Crippen LogP contribution in [0.3, 0.4) is 0 Å². The number of aryl methyl sites for hydroxylation is 2. The lowest BCUT2D eigenvalue weighted by Gasteiger charge is -2.10. The molecule has 1 N–H and O–H groups in total. The van der Waals surface area contributed by atoms with Crippen LogP contribution in [0.1, 0.15) is 22.3 Å². The number of amides is 1. The molecule has 0 fully saturated rings. The zero-order chi connectivity index (χ0) is 22.4. The van der Waals surface area contributed by atoms with Gasteiger partial charge in [-0.15, -0.1) is 0 Å². The van der Waals surface area contributed by atoms with Gasteiger partial charge in [0, 0.05) is 10.7 Å². The Morgan fingerprint density at radius 2 is 1.81 bits per heavy atom. The molecule has 3 aromatic rings. The van der Waals surface area contributed by atoms with Gasteiger partial charge in [-0.05, 0) is 66.9 Å². The minimum absolute atomic E-state index is 0.0223. The molecule has 0 aromatic heterocycles. The van der Waals surface area contributed by atoms with E-state index in [9.17, 15) is 10.1 Å². The van der Waals surface area contributed by atoms with Crippen LogP contribution < -0.4 is 10.1 Å². The highest BCUT2D eigenvalue weighted by Crippen LogP contribution is 2.27. The fourth-order valence-corrected chi connectivity index (χ4v) is 3.29. The van der Waals surface area contributed by atoms with E-state index >= 15 is 0 Å². The van der Waals surface area contributed by atoms with Crippen molar-refractivity contribution in [3.8, 4) is 11.8 Å². The van der Waals surface area contributed by atoms with Gasteiger partial charge in [0.2, 0.25) is 0 Å². The van der Waals surface area contributed by atoms with E-state index < -0.39 is 5.91 Å². The van der Waals surface area contributed by atoms with Crippen molar-refractivity contribution in [3.63, 3.8) is 0 Å². The lowest BCUT2D eigenvalue weighted by atomic mass is 10.1. The Kier molecular flexibility index (Phi) is 7.36. The molecule has 0 aliphatic carbocycles. The number of anilines is 1. The summed E-state index contributed by atoms with van der Waals surface area (Å²) in [6.45, 7) is 4.22. The number of nitrogens with zero attached hydrogens (tertiary/aromatic N) is 1. The molecule has 0 spiro atoms. The maximum atomic E-state index is 12.6. The van der Waals surface area contributed by atoms with Crippen LogP contribution in [-0.4, -0.2) is 5.91 Å². The van der Waals surface area contributed by atoms with Crippen molar-refractivity contribution in [3.05, 3.63) is 98.5 Å². The van der Waals surface area contributed by atoms with Crippen molar-refractivity contribution in [2.24, 2.45) is 0 Å². The minimum Gasteiger partial charge on any atom is -0.487 e. The molecule has 6 heteroatoms. The van der Waals surface area contributed by atoms with E-state index in [-0.39, 0.29) is 5.57 Å². The number of hydrogen-bond acceptors (Lipinski definition) is 3. The monoisotopic (exact) mass is 450 g/mol. The van der Waals surface area contributed by atoms with Gasteiger partial charge >= 0.3 is 0 Å². The van der Waals surface area contributed by atoms with Gasteiger partial charge in [-0.2, -0.15) is 5.26 Å². The van der Waals surface area contributed by atoms with Crippen LogP contribution in [0.5, 0.6) is 5.75 Å². The number of carbonyl (C=O) groups is 1. The molecule has 156 valence electrons. The maximum Gasteiger partial charge on any atom is 0.266 e. The highest BCUT2D eigenvalue weighted by Gasteiger charge is 2.12. The summed E-state index contributed by atoms with van der Waals surface area (Å²) in [7, 11) is 0. The van der Waals surface area contributed by atoms with E-state index in [1.165, 1.54) is 6.08 Å². The standard InChI is InChI=1S/C25H20Cl2N2O2/c1-16-3-9-23(17(2)11-16)29-25(30)20(14-28)12-19-6-10-24(22(27)13-19)31-15-18-4-7-21(26)8-5-18/h3-13H,15H2,1-2H3,(H,29,30)/b20-12+. The molecule has 0 atom stereocenters. The summed E-state index contributed by atoms with van der Waals surface area (Å²) in [5, 5.41) is 13.3. The zero-order valence-corrected chi connectivity index (χ0v) is 18.6. The van der Waals surface area contributed by atoms with Crippen LogP contribution in [0.2, 0.25) is 10.0 Å². The van der Waals surface area contributed by atoms with Crippen LogP contribution in [0.25, 0.3) is 6.08 Å². The van der Waals surface area contributed by atoms with Crippen molar-refractivity contribution in [1.82, 2.24) is 0 Å². The number of nitrogens with one attached hydrogen (secondary N) is 1. The molecule has 0 saturated carbocycles. The Labute approximate surface area is 191 Å². The van der Waals surface area contributed by atoms with E-state index in [1.54, 1.807) is 30.3 Å². The number of nitriles is 1. The molecule has 0 unspecified atom stereocenters. The Balaban J connectivity index is 1.71. The van der Waals surface area contributed by atoms with Crippen molar-refractivity contribution < 1.29 is 9.53 Å². The van der Waals surface area contributed by atoms with Gasteiger partial charge in [-0.25, -0.2) is 0 Å². The molecule has 0 aliphatic heterocycles. The van der Waals surface area contributed by atoms with Crippen molar-refractivity contribution in [1.29, 1.82) is 5.26 Å². The number of rotatable bonds is 6. The topological polar surface area (TPSA) is 62.1 Å². The Morgan fingerprint density at radius 3 is 2.45 bits per heavy atom. The first-order valence-electron chi connectivity index (χ1n) is 9.53. The van der Waals surface area contributed by atoms with Crippen LogP contribution in [0.4, 0.5) is 5.69 Å². The second kappa shape index (κ2) is 10.2. The molecular formula is C25H20Cl2N2O2. The number of ether oxygens (including phenoxy) is 1. The van der Waals surface area contributed by atoms with Crippen LogP contribution in [0.15, 0.2) is 66.2 Å². The lowest BCUT2D eigenvalue weighted by Crippen LogP contribution is -2.14. The minimum atomic E-state index is -0.478. The molecular weight excluding hydrogens is 431 g/mol. The summed E-state index contributed by atoms with van der Waals surface area (Å²) in [6, 6.07) is 20.1. The zero-order valence-electron chi connectivity index (χ0n) is 17.1. The molecule has 0 radical (unpaired) electrons. The summed E-state index contributed by atoms with van der Waals surface area (Å²) in [5.41, 5.74) is 4.25. The second-order valence-corrected chi connectivity index (χ2v) is 7.89. The van der Waals surface area contributed by atoms with Gasteiger partial charge in [-0.1, -0.05) is 59.1 Å². The quantitative estimate of drug-likeness (QED) is 0.334. The van der Waals surface area contributed by atoms with Crippen molar-refractivity contribution >= 4 is 40.9 Å². The molecule has 3 aromatic carbocycles. The smallest absolute Gasteiger partial charge is 0.266 e. The maximum absolute atomic E-state index is 12.6. The highest BCUT2D eigenvalue weighted by atomic mass is 35.5. The van der Waals surface area contributed by atoms with Gasteiger partial charge in [-0.3, -0.25) is 4.79 Å². The van der Waals surface area contributed by atoms with E-state index in [4.69, 9.17) is 27.9 Å². The fraction of sp³-hybridized carbons (Fsp3) is 0.120. The summed E-state index contributed by atoms with van der Waals surface area (Å²) >= 11 is 12.2. The van der Waals surface area contributed by atoms with Gasteiger partial charge in [0.25, 0.3) is 5.91 Å². The van der Waals surface area contributed by atoms with Gasteiger partial charge in [0.15, 0.2) is 0 Å². The van der Waals surface area contributed by atoms with Crippen LogP contribution >= 0.6 is 23.2 Å². The number of halogens is 2. The number of hydrogen-bond donors (Lipinski definition) is 1. The first-order chi connectivity index (χ1) is 14.9. The molecule has 4 nitrogen and oxygen atoms in total. The second-order valence-electron chi connectivity index (χ2n) is 7.05. The molecule has 0 heterocycles. The van der Waals surface area contributed by atoms with E-state index in [0.29, 0.717) is 33.7 Å². The summed E-state index contributed by atoms with van der Waals surface area (Å²) in [5.74, 6) is 0.0284. The summed E-state index contributed by atoms with van der Waals surface area (Å²) < 4.78 is 5.76. The normalized spacial score (nSPS) is 11.0. The van der Waals surface area contributed by atoms with Gasteiger partial charge in [0.1, 0.15) is 24.0 Å². The SMILES string of the molecule is Cc1ccc(NC(=O)/C(C#N)=C/c2ccc(OCc3ccc(Cl)cc3)c(Cl)c2)c(C)c1. The highest BCUT2D eigenvalue weighted by molar-refractivity contribution is 6.32. The van der Waals surface area contributed by atoms with E-state index in [0.717, 1.165) is 16.7 Å². The third-order valence-electron chi connectivity index (χ3n) is 4.57. The Morgan fingerprint density at radius 1 is 1.06 bits per heavy atom. The average molecular weight is 451 g/mol. The number of carbonyl (C=O) groups excluding carboxylic acids is 1. The van der Waals surface area contributed by atoms with E-state index in [2.05, 4.69) is 5.32 Å². The summed E-state index contributed by atoms with van der Waals surface area (Å²) in [6.07, 6.45) is 1.49. The predicted octanol–water partition coefficient (Wildman–Crippen LogP) is 6.73. The lowest BCUT2D eigenvalue weighted by molar-refractivity contribution is -0.112. The molecule has 0 aliphatic rings. The third kappa shape index (κ3) is 6.11. The largest absolute Gasteiger partial charge is 0.487 e. The molecule has 0 saturated heterocycles. The first-order valence-corrected chi connectivity index (χ1v) is 10.3. The van der Waals surface area contributed by atoms with Crippen molar-refractivity contribution in [2.75, 3.05) is 5.32 Å². The van der Waals surface area contributed by atoms with Crippen LogP contribution in [-0.2, 0) is 11.4 Å². The Bertz CT molecular complexity index is 1180. The first kappa shape index (κ1) is 22.4. The summed E-state index contributed by atoms with van der Waals surface area (Å²) in [4.78, 5) is 12.6. The molecule has 3 rings (SSSR count). The molecule has 0 bridgehead atoms. The average Bonchev–Trinajstić information content (AvgIpc) is 2.74. The Hall–Kier alpha value is -3.26. The number of benzene rings is 3. The molecule has 31 heavy (non-hydrogen) atoms. The fourth-order valence-electron chi connectivity index (χ4n) is 2.92. The van der Waals surface area contributed by atoms with Crippen LogP contribution in [0, 0.1) is 25.2 Å². The molecule has 1 amide bonds. The van der Waals surface area contributed by atoms with Gasteiger partial charge in [0.05, 0.1) is 5.02 Å². The van der Waals surface area contributed by atoms with Crippen molar-refractivity contribution in [2.45, 2.75) is 20.5 Å².